The predicted molar refractivity (Wildman–Crippen MR) is 50.4 cm³/mol. The molecule has 0 atom stereocenters. The second kappa shape index (κ2) is 6.38. The first-order chi connectivity index (χ1) is 6.48. The molecule has 0 aromatic rings. The number of nitriles is 1. The van der Waals surface area contributed by atoms with E-state index in [9.17, 15) is 13.2 Å². The SMILES string of the molecule is N#CCS(=O)(=O)CCCCCC(=O)O. The zero-order valence-electron chi connectivity index (χ0n) is 7.77. The topological polar surface area (TPSA) is 95.2 Å². The van der Waals surface area contributed by atoms with Crippen LogP contribution in [0, 0.1) is 11.3 Å². The van der Waals surface area contributed by atoms with E-state index >= 15 is 0 Å². The van der Waals surface area contributed by atoms with Gasteiger partial charge < -0.3 is 5.11 Å². The average molecular weight is 219 g/mol. The Kier molecular flexibility index (Phi) is 5.88. The van der Waals surface area contributed by atoms with Gasteiger partial charge in [-0.05, 0) is 12.8 Å². The first kappa shape index (κ1) is 12.9. The summed E-state index contributed by atoms with van der Waals surface area (Å²) < 4.78 is 22.0. The number of hydrogen-bond acceptors (Lipinski definition) is 4. The number of carbonyl (C=O) groups is 1. The van der Waals surface area contributed by atoms with Crippen LogP contribution >= 0.6 is 0 Å². The summed E-state index contributed by atoms with van der Waals surface area (Å²) in [7, 11) is -3.24. The third kappa shape index (κ3) is 7.55. The normalized spacial score (nSPS) is 10.8. The highest BCUT2D eigenvalue weighted by molar-refractivity contribution is 7.91. The van der Waals surface area contributed by atoms with E-state index in [0.717, 1.165) is 0 Å². The Morgan fingerprint density at radius 2 is 1.93 bits per heavy atom. The van der Waals surface area contributed by atoms with Crippen molar-refractivity contribution in [2.45, 2.75) is 25.7 Å². The molecule has 0 spiro atoms. The molecule has 0 aromatic carbocycles. The van der Waals surface area contributed by atoms with Crippen LogP contribution in [0.2, 0.25) is 0 Å². The third-order valence-electron chi connectivity index (χ3n) is 1.63. The molecule has 80 valence electrons. The first-order valence-corrected chi connectivity index (χ1v) is 6.09. The van der Waals surface area contributed by atoms with Crippen molar-refractivity contribution in [1.29, 1.82) is 5.26 Å². The van der Waals surface area contributed by atoms with Gasteiger partial charge in [0.15, 0.2) is 9.84 Å². The number of hydrogen-bond donors (Lipinski definition) is 1. The molecule has 0 rings (SSSR count). The molecular weight excluding hydrogens is 206 g/mol. The Morgan fingerprint density at radius 1 is 1.29 bits per heavy atom. The number of aliphatic carboxylic acids is 1. The number of carboxylic acids is 1. The molecule has 0 aliphatic heterocycles. The lowest BCUT2D eigenvalue weighted by Crippen LogP contribution is -2.09. The summed E-state index contributed by atoms with van der Waals surface area (Å²) in [6.45, 7) is 0. The summed E-state index contributed by atoms with van der Waals surface area (Å²) in [6, 6.07) is 1.59. The summed E-state index contributed by atoms with van der Waals surface area (Å²) in [4.78, 5) is 10.1. The Labute approximate surface area is 83.3 Å². The van der Waals surface area contributed by atoms with Gasteiger partial charge in [-0.15, -0.1) is 0 Å². The zero-order chi connectivity index (χ0) is 11.0. The Bertz CT molecular complexity index is 315. The van der Waals surface area contributed by atoms with E-state index in [4.69, 9.17) is 10.4 Å². The van der Waals surface area contributed by atoms with Crippen LogP contribution in [0.15, 0.2) is 0 Å². The van der Waals surface area contributed by atoms with Crippen molar-refractivity contribution in [3.63, 3.8) is 0 Å². The Hall–Kier alpha value is -1.09. The summed E-state index contributed by atoms with van der Waals surface area (Å²) in [6.07, 6.45) is 1.55. The van der Waals surface area contributed by atoms with Gasteiger partial charge in [0.1, 0.15) is 5.75 Å². The molecule has 0 saturated carbocycles. The van der Waals surface area contributed by atoms with Crippen molar-refractivity contribution in [2.24, 2.45) is 0 Å². The van der Waals surface area contributed by atoms with Gasteiger partial charge >= 0.3 is 5.97 Å². The number of carboxylic acid groups (broad SMARTS) is 1. The summed E-state index contributed by atoms with van der Waals surface area (Å²) in [5.41, 5.74) is 0. The van der Waals surface area contributed by atoms with Crippen LogP contribution in [0.5, 0.6) is 0 Å². The molecule has 0 bridgehead atoms. The minimum Gasteiger partial charge on any atom is -0.481 e. The van der Waals surface area contributed by atoms with Crippen LogP contribution < -0.4 is 0 Å². The Morgan fingerprint density at radius 3 is 2.43 bits per heavy atom. The minimum absolute atomic E-state index is 0.0276. The number of nitrogens with zero attached hydrogens (tertiary/aromatic N) is 1. The lowest BCUT2D eigenvalue weighted by molar-refractivity contribution is -0.137. The highest BCUT2D eigenvalue weighted by Crippen LogP contribution is 2.02. The van der Waals surface area contributed by atoms with Crippen molar-refractivity contribution in [2.75, 3.05) is 11.5 Å². The van der Waals surface area contributed by atoms with Gasteiger partial charge in [-0.25, -0.2) is 8.42 Å². The highest BCUT2D eigenvalue weighted by Gasteiger charge is 2.09. The molecule has 14 heavy (non-hydrogen) atoms. The van der Waals surface area contributed by atoms with Gasteiger partial charge in [0.2, 0.25) is 0 Å². The summed E-state index contributed by atoms with van der Waals surface area (Å²) in [5, 5.41) is 16.5. The molecule has 0 aliphatic carbocycles. The maximum Gasteiger partial charge on any atom is 0.303 e. The molecule has 6 heteroatoms. The van der Waals surface area contributed by atoms with Crippen molar-refractivity contribution < 1.29 is 18.3 Å². The van der Waals surface area contributed by atoms with Gasteiger partial charge in [-0.3, -0.25) is 4.79 Å². The fraction of sp³-hybridized carbons (Fsp3) is 0.750. The summed E-state index contributed by atoms with van der Waals surface area (Å²) in [5.74, 6) is -1.35. The lowest BCUT2D eigenvalue weighted by atomic mass is 10.2. The van der Waals surface area contributed by atoms with E-state index < -0.39 is 21.6 Å². The van der Waals surface area contributed by atoms with Crippen LogP contribution in [0.3, 0.4) is 0 Å². The largest absolute Gasteiger partial charge is 0.481 e. The van der Waals surface area contributed by atoms with Crippen molar-refractivity contribution in [1.82, 2.24) is 0 Å². The van der Waals surface area contributed by atoms with Crippen molar-refractivity contribution in [3.8, 4) is 6.07 Å². The van der Waals surface area contributed by atoms with E-state index in [1.165, 1.54) is 0 Å². The predicted octanol–water partition coefficient (Wildman–Crippen LogP) is 0.570. The minimum atomic E-state index is -3.24. The van der Waals surface area contributed by atoms with E-state index in [0.29, 0.717) is 19.3 Å². The molecule has 0 aliphatic rings. The fourth-order valence-electron chi connectivity index (χ4n) is 0.945. The van der Waals surface area contributed by atoms with Crippen LogP contribution in [0.25, 0.3) is 0 Å². The molecule has 0 aromatic heterocycles. The van der Waals surface area contributed by atoms with Gasteiger partial charge in [0.25, 0.3) is 0 Å². The molecule has 0 amide bonds. The standard InChI is InChI=1S/C8H13NO4S/c9-5-7-14(12,13)6-3-1-2-4-8(10)11/h1-4,6-7H2,(H,10,11). The summed E-state index contributed by atoms with van der Waals surface area (Å²) >= 11 is 0. The Balaban J connectivity index is 3.56. The maximum atomic E-state index is 11.0. The number of rotatable bonds is 7. The van der Waals surface area contributed by atoms with Gasteiger partial charge in [0.05, 0.1) is 11.8 Å². The monoisotopic (exact) mass is 219 g/mol. The molecule has 0 unspecified atom stereocenters. The molecular formula is C8H13NO4S. The van der Waals surface area contributed by atoms with Crippen LogP contribution in [0.4, 0.5) is 0 Å². The molecule has 0 fully saturated rings. The van der Waals surface area contributed by atoms with Crippen LogP contribution in [-0.4, -0.2) is 31.0 Å². The van der Waals surface area contributed by atoms with Gasteiger partial charge in [0, 0.05) is 6.42 Å². The molecule has 0 radical (unpaired) electrons. The van der Waals surface area contributed by atoms with E-state index in [-0.39, 0.29) is 12.2 Å². The first-order valence-electron chi connectivity index (χ1n) is 4.27. The second-order valence-electron chi connectivity index (χ2n) is 2.95. The lowest BCUT2D eigenvalue weighted by Gasteiger charge is -1.98. The second-order valence-corrected chi connectivity index (χ2v) is 5.14. The van der Waals surface area contributed by atoms with E-state index in [2.05, 4.69) is 0 Å². The molecule has 0 saturated heterocycles. The maximum absolute atomic E-state index is 11.0. The quantitative estimate of drug-likeness (QED) is 0.631. The number of sulfone groups is 1. The zero-order valence-corrected chi connectivity index (χ0v) is 8.59. The van der Waals surface area contributed by atoms with Crippen molar-refractivity contribution in [3.05, 3.63) is 0 Å². The highest BCUT2D eigenvalue weighted by atomic mass is 32.2. The van der Waals surface area contributed by atoms with E-state index in [1.54, 1.807) is 6.07 Å². The van der Waals surface area contributed by atoms with Crippen molar-refractivity contribution >= 4 is 15.8 Å². The van der Waals surface area contributed by atoms with E-state index in [1.807, 2.05) is 0 Å². The van der Waals surface area contributed by atoms with Crippen LogP contribution in [0.1, 0.15) is 25.7 Å². The smallest absolute Gasteiger partial charge is 0.303 e. The average Bonchev–Trinajstić information content (AvgIpc) is 2.02. The number of unbranched alkanes of at least 4 members (excludes halogenated alkanes) is 2. The van der Waals surface area contributed by atoms with Gasteiger partial charge in [-0.2, -0.15) is 5.26 Å². The molecule has 0 heterocycles. The van der Waals surface area contributed by atoms with Crippen LogP contribution in [-0.2, 0) is 14.6 Å². The fourth-order valence-corrected chi connectivity index (χ4v) is 1.93. The molecule has 1 N–H and O–H groups in total. The third-order valence-corrected chi connectivity index (χ3v) is 3.11. The molecule has 5 nitrogen and oxygen atoms in total. The van der Waals surface area contributed by atoms with Gasteiger partial charge in [-0.1, -0.05) is 6.42 Å².